The van der Waals surface area contributed by atoms with Crippen molar-refractivity contribution in [2.45, 2.75) is 13.5 Å². The Morgan fingerprint density at radius 1 is 1.80 bits per heavy atom. The maximum Gasteiger partial charge on any atom is 0.111 e. The fourth-order valence-electron chi connectivity index (χ4n) is 0.854. The van der Waals surface area contributed by atoms with Gasteiger partial charge in [0, 0.05) is 12.4 Å². The summed E-state index contributed by atoms with van der Waals surface area (Å²) in [7, 11) is 0. The zero-order valence-corrected chi connectivity index (χ0v) is 6.12. The second-order valence-electron chi connectivity index (χ2n) is 2.19. The van der Waals surface area contributed by atoms with Gasteiger partial charge in [-0.2, -0.15) is 5.84 Å². The Morgan fingerprint density at radius 2 is 2.60 bits per heavy atom. The van der Waals surface area contributed by atoms with Crippen LogP contribution in [0.2, 0.25) is 0 Å². The Bertz CT molecular complexity index is 193. The molecule has 0 aromatic carbocycles. The summed E-state index contributed by atoms with van der Waals surface area (Å²) >= 11 is 0. The Balaban J connectivity index is 2.49. The van der Waals surface area contributed by atoms with Gasteiger partial charge in [-0.15, -0.1) is 0 Å². The maximum absolute atomic E-state index is 5.24. The van der Waals surface area contributed by atoms with Crippen molar-refractivity contribution < 1.29 is 5.43 Å². The summed E-state index contributed by atoms with van der Waals surface area (Å²) in [6.45, 7) is 3.82. The second-order valence-corrected chi connectivity index (χ2v) is 2.19. The minimum absolute atomic E-state index is 0.900. The highest BCUT2D eigenvalue weighted by molar-refractivity contribution is 4.87. The smallest absolute Gasteiger partial charge is 0.111 e. The molecule has 0 saturated carbocycles. The Morgan fingerprint density at radius 3 is 3.10 bits per heavy atom. The molecule has 0 aliphatic heterocycles. The fraction of sp³-hybridized carbons (Fsp3) is 0.500. The van der Waals surface area contributed by atoms with Crippen molar-refractivity contribution in [3.63, 3.8) is 0 Å². The van der Waals surface area contributed by atoms with Gasteiger partial charge >= 0.3 is 0 Å². The van der Waals surface area contributed by atoms with Gasteiger partial charge in [-0.1, -0.05) is 0 Å². The van der Waals surface area contributed by atoms with Crippen molar-refractivity contribution >= 4 is 0 Å². The first kappa shape index (κ1) is 7.24. The zero-order chi connectivity index (χ0) is 7.40. The van der Waals surface area contributed by atoms with Crippen LogP contribution in [-0.4, -0.2) is 16.1 Å². The van der Waals surface area contributed by atoms with Crippen LogP contribution in [0.5, 0.6) is 0 Å². The van der Waals surface area contributed by atoms with Crippen LogP contribution in [0.15, 0.2) is 12.4 Å². The summed E-state index contributed by atoms with van der Waals surface area (Å²) in [5.41, 5.74) is 1.67. The molecule has 0 radical (unpaired) electrons. The predicted octanol–water partition coefficient (Wildman–Crippen LogP) is -1.37. The minimum Gasteiger partial charge on any atom is -0.329 e. The van der Waals surface area contributed by atoms with Crippen LogP contribution in [-0.2, 0) is 6.54 Å². The van der Waals surface area contributed by atoms with Crippen molar-refractivity contribution in [2.24, 2.45) is 5.84 Å². The molecular formula is C6H13N4+. The average molecular weight is 141 g/mol. The van der Waals surface area contributed by atoms with Gasteiger partial charge in [0.25, 0.3) is 0 Å². The first-order chi connectivity index (χ1) is 4.84. The van der Waals surface area contributed by atoms with E-state index in [9.17, 15) is 0 Å². The van der Waals surface area contributed by atoms with Gasteiger partial charge in [0.2, 0.25) is 0 Å². The summed E-state index contributed by atoms with van der Waals surface area (Å²) in [5, 5.41) is 0. The molecule has 0 bridgehead atoms. The van der Waals surface area contributed by atoms with E-state index in [2.05, 4.69) is 9.55 Å². The van der Waals surface area contributed by atoms with E-state index in [1.807, 2.05) is 13.1 Å². The van der Waals surface area contributed by atoms with Crippen LogP contribution >= 0.6 is 0 Å². The number of aromatic nitrogens is 2. The van der Waals surface area contributed by atoms with E-state index in [0.29, 0.717) is 0 Å². The highest BCUT2D eigenvalue weighted by Gasteiger charge is 1.94. The number of hydrogen-bond acceptors (Lipinski definition) is 2. The predicted molar refractivity (Wildman–Crippen MR) is 37.9 cm³/mol. The summed E-state index contributed by atoms with van der Waals surface area (Å²) in [6, 6.07) is 0. The van der Waals surface area contributed by atoms with E-state index < -0.39 is 0 Å². The van der Waals surface area contributed by atoms with E-state index in [1.165, 1.54) is 0 Å². The molecule has 0 atom stereocenters. The van der Waals surface area contributed by atoms with Crippen LogP contribution in [0.4, 0.5) is 0 Å². The van der Waals surface area contributed by atoms with E-state index in [-0.39, 0.29) is 0 Å². The van der Waals surface area contributed by atoms with Gasteiger partial charge in [-0.25, -0.2) is 4.98 Å². The van der Waals surface area contributed by atoms with Gasteiger partial charge in [-0.3, -0.25) is 5.43 Å². The molecule has 0 amide bonds. The monoisotopic (exact) mass is 141 g/mol. The van der Waals surface area contributed by atoms with Gasteiger partial charge in [0.05, 0.1) is 6.54 Å². The molecule has 0 fully saturated rings. The van der Waals surface area contributed by atoms with Crippen LogP contribution in [0, 0.1) is 6.92 Å². The number of nitrogens with two attached hydrogens (primary N) is 2. The molecule has 0 saturated heterocycles. The fourth-order valence-corrected chi connectivity index (χ4v) is 0.854. The molecule has 0 aliphatic carbocycles. The number of nitrogens with zero attached hydrogens (tertiary/aromatic N) is 2. The molecule has 0 aliphatic rings. The number of imidazole rings is 1. The lowest BCUT2D eigenvalue weighted by molar-refractivity contribution is -0.668. The first-order valence-corrected chi connectivity index (χ1v) is 3.35. The summed E-state index contributed by atoms with van der Waals surface area (Å²) in [6.07, 6.45) is 3.75. The van der Waals surface area contributed by atoms with Crippen molar-refractivity contribution in [1.29, 1.82) is 0 Å². The third-order valence-electron chi connectivity index (χ3n) is 1.46. The summed E-state index contributed by atoms with van der Waals surface area (Å²) in [5.74, 6) is 6.28. The largest absolute Gasteiger partial charge is 0.329 e. The number of hydrogen-bond donors (Lipinski definition) is 2. The third-order valence-corrected chi connectivity index (χ3v) is 1.46. The molecule has 4 nitrogen and oxygen atoms in total. The van der Waals surface area contributed by atoms with Gasteiger partial charge in [0.15, 0.2) is 0 Å². The van der Waals surface area contributed by atoms with Crippen molar-refractivity contribution in [3.8, 4) is 0 Å². The number of quaternary nitrogens is 1. The molecule has 10 heavy (non-hydrogen) atoms. The lowest BCUT2D eigenvalue weighted by Gasteiger charge is -1.99. The van der Waals surface area contributed by atoms with Crippen molar-refractivity contribution in [3.05, 3.63) is 18.2 Å². The zero-order valence-electron chi connectivity index (χ0n) is 6.12. The molecule has 1 heterocycles. The van der Waals surface area contributed by atoms with Crippen LogP contribution in [0.25, 0.3) is 0 Å². The van der Waals surface area contributed by atoms with Crippen LogP contribution in [0.1, 0.15) is 5.82 Å². The van der Waals surface area contributed by atoms with Gasteiger partial charge in [-0.05, 0) is 6.92 Å². The third kappa shape index (κ3) is 1.55. The lowest BCUT2D eigenvalue weighted by atomic mass is 10.6. The van der Waals surface area contributed by atoms with Crippen molar-refractivity contribution in [1.82, 2.24) is 9.55 Å². The molecule has 56 valence electrons. The normalized spacial score (nSPS) is 10.2. The standard InChI is InChI=1S/C6H12N4/c1-6-8-2-4-10(6)5-3-9-7/h2,4,9H,3,5,7H2,1H3/p+1. The first-order valence-electron chi connectivity index (χ1n) is 3.35. The van der Waals surface area contributed by atoms with Crippen LogP contribution < -0.4 is 11.3 Å². The molecular weight excluding hydrogens is 128 g/mol. The highest BCUT2D eigenvalue weighted by Crippen LogP contribution is 1.91. The maximum atomic E-state index is 5.24. The molecule has 4 N–H and O–H groups in total. The lowest BCUT2D eigenvalue weighted by Crippen LogP contribution is -2.91. The molecule has 1 aromatic rings. The number of rotatable bonds is 3. The van der Waals surface area contributed by atoms with E-state index in [4.69, 9.17) is 5.84 Å². The minimum atomic E-state index is 0.900. The molecule has 0 spiro atoms. The second kappa shape index (κ2) is 3.34. The quantitative estimate of drug-likeness (QED) is 0.403. The molecule has 1 rings (SSSR count). The van der Waals surface area contributed by atoms with Crippen LogP contribution in [0.3, 0.4) is 0 Å². The summed E-state index contributed by atoms with van der Waals surface area (Å²) < 4.78 is 2.07. The average Bonchev–Trinajstić information content (AvgIpc) is 2.31. The van der Waals surface area contributed by atoms with Gasteiger partial charge < -0.3 is 4.57 Å². The molecule has 4 heteroatoms. The molecule has 0 unspecified atom stereocenters. The van der Waals surface area contributed by atoms with Crippen molar-refractivity contribution in [2.75, 3.05) is 6.54 Å². The highest BCUT2D eigenvalue weighted by atomic mass is 15.2. The van der Waals surface area contributed by atoms with E-state index in [0.717, 1.165) is 18.9 Å². The molecule has 1 aromatic heterocycles. The SMILES string of the molecule is Cc1nccn1CC[NH2+]N. The topological polar surface area (TPSA) is 60.5 Å². The van der Waals surface area contributed by atoms with E-state index in [1.54, 1.807) is 11.6 Å². The summed E-state index contributed by atoms with van der Waals surface area (Å²) in [4.78, 5) is 4.08. The number of aryl methyl sites for hydroxylation is 1. The Labute approximate surface area is 60.0 Å². The van der Waals surface area contributed by atoms with Gasteiger partial charge in [0.1, 0.15) is 12.4 Å². The van der Waals surface area contributed by atoms with E-state index >= 15 is 0 Å². The Kier molecular flexibility index (Phi) is 2.42. The Hall–Kier alpha value is -0.870.